The van der Waals surface area contributed by atoms with Crippen molar-refractivity contribution in [1.29, 1.82) is 0 Å². The molecule has 2 aromatic carbocycles. The van der Waals surface area contributed by atoms with Gasteiger partial charge in [-0.2, -0.15) is 0 Å². The Bertz CT molecular complexity index is 1010. The van der Waals surface area contributed by atoms with E-state index < -0.39 is 5.31 Å². The first-order valence-corrected chi connectivity index (χ1v) is 7.70. The molecule has 2 nitrogen and oxygen atoms in total. The van der Waals surface area contributed by atoms with Crippen LogP contribution in [-0.2, 0) is 5.31 Å². The van der Waals surface area contributed by atoms with E-state index in [0.29, 0.717) is 0 Å². The first kappa shape index (κ1) is 14.1. The van der Waals surface area contributed by atoms with E-state index in [9.17, 15) is 0 Å². The fraction of sp³-hybridized carbons (Fsp3) is 0.150. The van der Waals surface area contributed by atoms with Crippen molar-refractivity contribution in [3.63, 3.8) is 0 Å². The van der Waals surface area contributed by atoms with Crippen LogP contribution in [0.4, 0.5) is 0 Å². The lowest BCUT2D eigenvalue weighted by molar-refractivity contribution is 0.669. The van der Waals surface area contributed by atoms with Crippen LogP contribution in [0.5, 0.6) is 0 Å². The molecular formula is C20H16BNO. The van der Waals surface area contributed by atoms with Crippen LogP contribution in [0.2, 0.25) is 0 Å². The number of aromatic nitrogens is 1. The highest BCUT2D eigenvalue weighted by Crippen LogP contribution is 2.35. The number of pyridine rings is 1. The summed E-state index contributed by atoms with van der Waals surface area (Å²) in [5.74, 6) is 0. The van der Waals surface area contributed by atoms with Crippen molar-refractivity contribution >= 4 is 29.8 Å². The quantitative estimate of drug-likeness (QED) is 0.484. The van der Waals surface area contributed by atoms with Gasteiger partial charge in [-0.25, -0.2) is 0 Å². The van der Waals surface area contributed by atoms with Gasteiger partial charge in [0.15, 0.2) is 0 Å². The fourth-order valence-electron chi connectivity index (χ4n) is 2.93. The Morgan fingerprint density at radius 1 is 0.957 bits per heavy atom. The lowest BCUT2D eigenvalue weighted by Crippen LogP contribution is -2.16. The second-order valence-electron chi connectivity index (χ2n) is 6.43. The molecule has 110 valence electrons. The average Bonchev–Trinajstić information content (AvgIpc) is 2.93. The molecule has 0 spiro atoms. The summed E-state index contributed by atoms with van der Waals surface area (Å²) in [4.78, 5) is 4.53. The van der Waals surface area contributed by atoms with Gasteiger partial charge in [0.1, 0.15) is 11.2 Å². The number of hydrogen-bond donors (Lipinski definition) is 0. The van der Waals surface area contributed by atoms with Crippen molar-refractivity contribution in [2.24, 2.45) is 0 Å². The number of hydrogen-bond acceptors (Lipinski definition) is 2. The molecule has 0 amide bonds. The van der Waals surface area contributed by atoms with Crippen molar-refractivity contribution in [2.45, 2.75) is 19.2 Å². The van der Waals surface area contributed by atoms with E-state index >= 15 is 0 Å². The van der Waals surface area contributed by atoms with Gasteiger partial charge in [0.25, 0.3) is 0 Å². The molecule has 0 aliphatic rings. The highest BCUT2D eigenvalue weighted by molar-refractivity contribution is 6.15. The Hall–Kier alpha value is -2.55. The SMILES string of the molecule is [B]C(C)(C)c1ccnc(-c2cccc3c2oc2ccccc23)c1. The maximum Gasteiger partial charge on any atom is 0.144 e. The number of rotatable bonds is 2. The molecule has 2 heterocycles. The normalized spacial score (nSPS) is 12.1. The van der Waals surface area contributed by atoms with Crippen molar-refractivity contribution in [1.82, 2.24) is 4.98 Å². The van der Waals surface area contributed by atoms with Crippen LogP contribution in [0, 0.1) is 0 Å². The molecule has 0 fully saturated rings. The summed E-state index contributed by atoms with van der Waals surface area (Å²) in [7, 11) is 6.23. The molecule has 2 aromatic heterocycles. The van der Waals surface area contributed by atoms with Crippen molar-refractivity contribution < 1.29 is 4.42 Å². The maximum atomic E-state index is 6.23. The molecule has 0 bridgehead atoms. The number of furan rings is 1. The molecule has 2 radical (unpaired) electrons. The zero-order valence-electron chi connectivity index (χ0n) is 13.2. The van der Waals surface area contributed by atoms with E-state index in [1.165, 1.54) is 0 Å². The lowest BCUT2D eigenvalue weighted by Gasteiger charge is -2.19. The summed E-state index contributed by atoms with van der Waals surface area (Å²) >= 11 is 0. The van der Waals surface area contributed by atoms with Gasteiger partial charge in [-0.1, -0.05) is 44.2 Å². The van der Waals surface area contributed by atoms with Gasteiger partial charge in [0.2, 0.25) is 0 Å². The molecule has 0 aliphatic heterocycles. The van der Waals surface area contributed by atoms with E-state index in [-0.39, 0.29) is 0 Å². The van der Waals surface area contributed by atoms with Gasteiger partial charge in [0, 0.05) is 22.5 Å². The van der Waals surface area contributed by atoms with E-state index in [1.54, 1.807) is 6.20 Å². The number of benzene rings is 2. The highest BCUT2D eigenvalue weighted by atomic mass is 16.3. The zero-order chi connectivity index (χ0) is 16.0. The van der Waals surface area contributed by atoms with E-state index in [2.05, 4.69) is 17.1 Å². The van der Waals surface area contributed by atoms with Crippen LogP contribution in [-0.4, -0.2) is 12.8 Å². The molecular weight excluding hydrogens is 281 g/mol. The van der Waals surface area contributed by atoms with Gasteiger partial charge in [-0.15, -0.1) is 0 Å². The van der Waals surface area contributed by atoms with Crippen LogP contribution >= 0.6 is 0 Å². The van der Waals surface area contributed by atoms with E-state index in [0.717, 1.165) is 38.8 Å². The van der Waals surface area contributed by atoms with Gasteiger partial charge in [0.05, 0.1) is 13.5 Å². The molecule has 0 aliphatic carbocycles. The van der Waals surface area contributed by atoms with Crippen LogP contribution < -0.4 is 0 Å². The smallest absolute Gasteiger partial charge is 0.144 e. The third kappa shape index (κ3) is 2.33. The first-order valence-electron chi connectivity index (χ1n) is 7.70. The van der Waals surface area contributed by atoms with Crippen LogP contribution in [0.1, 0.15) is 19.4 Å². The second kappa shape index (κ2) is 4.99. The Kier molecular flexibility index (Phi) is 3.05. The Morgan fingerprint density at radius 3 is 2.57 bits per heavy atom. The van der Waals surface area contributed by atoms with E-state index in [1.807, 2.05) is 56.3 Å². The van der Waals surface area contributed by atoms with Crippen LogP contribution in [0.25, 0.3) is 33.2 Å². The van der Waals surface area contributed by atoms with Gasteiger partial charge < -0.3 is 4.42 Å². The number of para-hydroxylation sites is 2. The molecule has 4 aromatic rings. The third-order valence-corrected chi connectivity index (χ3v) is 4.18. The van der Waals surface area contributed by atoms with E-state index in [4.69, 9.17) is 12.3 Å². The minimum atomic E-state index is -0.403. The minimum absolute atomic E-state index is 0.403. The van der Waals surface area contributed by atoms with Gasteiger partial charge >= 0.3 is 0 Å². The Balaban J connectivity index is 1.99. The summed E-state index contributed by atoms with van der Waals surface area (Å²) in [5.41, 5.74) is 4.68. The standard InChI is InChI=1S/C20H16BNO/c1-20(2,21)13-10-11-22-17(12-13)16-8-5-7-15-14-6-3-4-9-18(14)23-19(15)16/h3-12H,1-2H3. The Labute approximate surface area is 136 Å². The number of fused-ring (bicyclic) bond motifs is 3. The first-order chi connectivity index (χ1) is 11.0. The van der Waals surface area contributed by atoms with Crippen molar-refractivity contribution in [3.05, 3.63) is 66.4 Å². The predicted octanol–water partition coefficient (Wildman–Crippen LogP) is 5.05. The largest absolute Gasteiger partial charge is 0.455 e. The molecule has 0 saturated carbocycles. The fourth-order valence-corrected chi connectivity index (χ4v) is 2.93. The molecule has 23 heavy (non-hydrogen) atoms. The average molecular weight is 297 g/mol. The molecule has 0 atom stereocenters. The molecule has 4 rings (SSSR count). The maximum absolute atomic E-state index is 6.23. The van der Waals surface area contributed by atoms with Crippen LogP contribution in [0.3, 0.4) is 0 Å². The third-order valence-electron chi connectivity index (χ3n) is 4.18. The van der Waals surface area contributed by atoms with Crippen molar-refractivity contribution in [2.75, 3.05) is 0 Å². The summed E-state index contributed by atoms with van der Waals surface area (Å²) in [6.07, 6.45) is 1.81. The van der Waals surface area contributed by atoms with Gasteiger partial charge in [-0.3, -0.25) is 4.98 Å². The summed E-state index contributed by atoms with van der Waals surface area (Å²) in [6, 6.07) is 18.3. The molecule has 3 heteroatoms. The lowest BCUT2D eigenvalue weighted by atomic mass is 9.67. The summed E-state index contributed by atoms with van der Waals surface area (Å²) < 4.78 is 6.09. The topological polar surface area (TPSA) is 26.0 Å². The minimum Gasteiger partial charge on any atom is -0.455 e. The number of nitrogens with zero attached hydrogens (tertiary/aromatic N) is 1. The predicted molar refractivity (Wildman–Crippen MR) is 95.7 cm³/mol. The second-order valence-corrected chi connectivity index (χ2v) is 6.43. The molecule has 0 unspecified atom stereocenters. The monoisotopic (exact) mass is 297 g/mol. The van der Waals surface area contributed by atoms with Crippen LogP contribution in [0.15, 0.2) is 65.2 Å². The summed E-state index contributed by atoms with van der Waals surface area (Å²) in [5, 5.41) is 1.83. The molecule has 0 N–H and O–H groups in total. The zero-order valence-corrected chi connectivity index (χ0v) is 13.2. The highest BCUT2D eigenvalue weighted by Gasteiger charge is 2.16. The van der Waals surface area contributed by atoms with Crippen molar-refractivity contribution in [3.8, 4) is 11.3 Å². The molecule has 0 saturated heterocycles. The summed E-state index contributed by atoms with van der Waals surface area (Å²) in [6.45, 7) is 3.99. The van der Waals surface area contributed by atoms with Gasteiger partial charge in [-0.05, 0) is 35.1 Å². The Morgan fingerprint density at radius 2 is 1.74 bits per heavy atom.